The summed E-state index contributed by atoms with van der Waals surface area (Å²) in [6.45, 7) is 4.44. The normalized spacial score (nSPS) is 19.3. The molecule has 0 aliphatic carbocycles. The molecule has 1 saturated heterocycles. The highest BCUT2D eigenvalue weighted by molar-refractivity contribution is 5.81. The van der Waals surface area contributed by atoms with Gasteiger partial charge < -0.3 is 14.0 Å². The summed E-state index contributed by atoms with van der Waals surface area (Å²) in [5.74, 6) is -1.04. The van der Waals surface area contributed by atoms with Crippen molar-refractivity contribution in [2.45, 2.75) is 64.7 Å². The minimum Gasteiger partial charge on any atom is -0.460 e. The van der Waals surface area contributed by atoms with Crippen LogP contribution >= 0.6 is 0 Å². The first-order chi connectivity index (χ1) is 13.0. The first kappa shape index (κ1) is 19.1. The van der Waals surface area contributed by atoms with Gasteiger partial charge in [-0.2, -0.15) is 0 Å². The lowest BCUT2D eigenvalue weighted by Gasteiger charge is -2.12. The molecule has 1 aromatic carbocycles. The van der Waals surface area contributed by atoms with Crippen LogP contribution in [0.5, 0.6) is 0 Å². The van der Waals surface area contributed by atoms with E-state index in [2.05, 4.69) is 11.9 Å². The molecule has 144 valence electrons. The zero-order valence-corrected chi connectivity index (χ0v) is 15.6. The fourth-order valence-electron chi connectivity index (χ4n) is 3.20. The molecular formula is C20H24N2O5. The zero-order valence-electron chi connectivity index (χ0n) is 15.6. The van der Waals surface area contributed by atoms with Crippen molar-refractivity contribution < 1.29 is 19.1 Å². The van der Waals surface area contributed by atoms with Crippen molar-refractivity contribution in [2.75, 3.05) is 0 Å². The summed E-state index contributed by atoms with van der Waals surface area (Å²) < 4.78 is 11.9. The summed E-state index contributed by atoms with van der Waals surface area (Å²) in [5.41, 5.74) is 1.68. The molecule has 2 aromatic rings. The second kappa shape index (κ2) is 8.33. The van der Waals surface area contributed by atoms with E-state index in [1.165, 1.54) is 0 Å². The van der Waals surface area contributed by atoms with Gasteiger partial charge in [0.05, 0.1) is 17.5 Å². The molecular weight excluding hydrogens is 348 g/mol. The van der Waals surface area contributed by atoms with Crippen LogP contribution in [0.25, 0.3) is 11.0 Å². The highest BCUT2D eigenvalue weighted by Gasteiger charge is 2.34. The summed E-state index contributed by atoms with van der Waals surface area (Å²) in [7, 11) is 0. The number of aromatic nitrogens is 2. The van der Waals surface area contributed by atoms with Gasteiger partial charge in [0.25, 0.3) is 5.56 Å². The largest absolute Gasteiger partial charge is 0.460 e. The molecule has 1 aliphatic heterocycles. The number of aryl methyl sites for hydroxylation is 2. The van der Waals surface area contributed by atoms with Crippen LogP contribution in [0.3, 0.4) is 0 Å². The lowest BCUT2D eigenvalue weighted by Crippen LogP contribution is -2.27. The number of fused-ring (bicyclic) bond motifs is 1. The lowest BCUT2D eigenvalue weighted by molar-refractivity contribution is -0.160. The Kier molecular flexibility index (Phi) is 5.88. The van der Waals surface area contributed by atoms with Gasteiger partial charge in [0, 0.05) is 19.4 Å². The number of rotatable bonds is 7. The van der Waals surface area contributed by atoms with Crippen molar-refractivity contribution in [3.8, 4) is 0 Å². The Balaban J connectivity index is 1.74. The van der Waals surface area contributed by atoms with E-state index in [9.17, 15) is 14.4 Å². The van der Waals surface area contributed by atoms with Gasteiger partial charge in [0.1, 0.15) is 11.8 Å². The topological polar surface area (TPSA) is 87.5 Å². The van der Waals surface area contributed by atoms with Crippen LogP contribution in [0, 0.1) is 0 Å². The third-order valence-corrected chi connectivity index (χ3v) is 4.62. The van der Waals surface area contributed by atoms with Gasteiger partial charge in [-0.1, -0.05) is 25.5 Å². The smallest absolute Gasteiger partial charge is 0.347 e. The molecule has 0 N–H and O–H groups in total. The maximum absolute atomic E-state index is 12.8. The molecule has 0 spiro atoms. The quantitative estimate of drug-likeness (QED) is 0.694. The number of hydrogen-bond donors (Lipinski definition) is 0. The highest BCUT2D eigenvalue weighted by atomic mass is 16.6. The third kappa shape index (κ3) is 4.35. The Labute approximate surface area is 157 Å². The number of unbranched alkanes of at least 4 members (excludes halogenated alkanes) is 1. The molecule has 7 nitrogen and oxygen atoms in total. The van der Waals surface area contributed by atoms with E-state index in [0.717, 1.165) is 23.9 Å². The van der Waals surface area contributed by atoms with Crippen LogP contribution < -0.4 is 5.56 Å². The molecule has 0 saturated carbocycles. The first-order valence-electron chi connectivity index (χ1n) is 9.38. The molecule has 0 radical (unpaired) electrons. The Morgan fingerprint density at radius 1 is 1.33 bits per heavy atom. The second-order valence-electron chi connectivity index (χ2n) is 6.82. The summed E-state index contributed by atoms with van der Waals surface area (Å²) in [6.07, 6.45) is 1.29. The minimum atomic E-state index is -0.849. The van der Waals surface area contributed by atoms with E-state index >= 15 is 0 Å². The number of hydrogen-bond acceptors (Lipinski definition) is 6. The molecule has 2 heterocycles. The first-order valence-corrected chi connectivity index (χ1v) is 9.38. The van der Waals surface area contributed by atoms with Crippen LogP contribution in [0.4, 0.5) is 0 Å². The molecule has 3 rings (SSSR count). The fraction of sp³-hybridized carbons (Fsp3) is 0.500. The van der Waals surface area contributed by atoms with Crippen molar-refractivity contribution >= 4 is 23.0 Å². The van der Waals surface area contributed by atoms with E-state index in [1.54, 1.807) is 11.5 Å². The number of ether oxygens (including phenoxy) is 2. The molecule has 0 unspecified atom stereocenters. The van der Waals surface area contributed by atoms with Crippen molar-refractivity contribution in [2.24, 2.45) is 0 Å². The maximum atomic E-state index is 12.8. The van der Waals surface area contributed by atoms with Crippen LogP contribution in [-0.4, -0.2) is 33.7 Å². The molecule has 2 atom stereocenters. The number of esters is 2. The van der Waals surface area contributed by atoms with Gasteiger partial charge in [-0.3, -0.25) is 9.59 Å². The fourth-order valence-corrected chi connectivity index (χ4v) is 3.20. The molecule has 27 heavy (non-hydrogen) atoms. The van der Waals surface area contributed by atoms with Crippen LogP contribution in [0.2, 0.25) is 0 Å². The van der Waals surface area contributed by atoms with Crippen molar-refractivity contribution in [1.82, 2.24) is 9.55 Å². The minimum absolute atomic E-state index is 0.00742. The Morgan fingerprint density at radius 3 is 2.81 bits per heavy atom. The number of para-hydroxylation sites is 2. The highest BCUT2D eigenvalue weighted by Crippen LogP contribution is 2.18. The zero-order chi connectivity index (χ0) is 19.4. The second-order valence-corrected chi connectivity index (χ2v) is 6.82. The molecule has 0 bridgehead atoms. The van der Waals surface area contributed by atoms with Gasteiger partial charge in [-0.25, -0.2) is 9.78 Å². The standard InChI is InChI=1S/C20H24N2O5/c1-3-4-11-22-16-8-6-5-7-14(16)21-15(19(22)24)9-10-18(23)27-17-12-13(2)26-20(17)25/h5-8,13,17H,3-4,9-12H2,1-2H3/t13-,17+/m0/s1. The van der Waals surface area contributed by atoms with Crippen molar-refractivity contribution in [1.29, 1.82) is 0 Å². The average Bonchev–Trinajstić information content (AvgIpc) is 2.96. The number of cyclic esters (lactones) is 1. The lowest BCUT2D eigenvalue weighted by atomic mass is 10.2. The van der Waals surface area contributed by atoms with E-state index in [4.69, 9.17) is 9.47 Å². The van der Waals surface area contributed by atoms with Gasteiger partial charge in [0.15, 0.2) is 0 Å². The van der Waals surface area contributed by atoms with Crippen molar-refractivity contribution in [3.63, 3.8) is 0 Å². The molecule has 7 heteroatoms. The van der Waals surface area contributed by atoms with E-state index in [1.807, 2.05) is 24.3 Å². The summed E-state index contributed by atoms with van der Waals surface area (Å²) >= 11 is 0. The van der Waals surface area contributed by atoms with Gasteiger partial charge in [0.2, 0.25) is 6.10 Å². The van der Waals surface area contributed by atoms with Gasteiger partial charge in [-0.15, -0.1) is 0 Å². The number of carbonyl (C=O) groups excluding carboxylic acids is 2. The molecule has 1 fully saturated rings. The monoisotopic (exact) mass is 372 g/mol. The summed E-state index contributed by atoms with van der Waals surface area (Å²) in [5, 5.41) is 0. The van der Waals surface area contributed by atoms with Crippen LogP contribution in [0.15, 0.2) is 29.1 Å². The maximum Gasteiger partial charge on any atom is 0.347 e. The predicted molar refractivity (Wildman–Crippen MR) is 99.3 cm³/mol. The third-order valence-electron chi connectivity index (χ3n) is 4.62. The SMILES string of the molecule is CCCCn1c(=O)c(CCC(=O)O[C@@H]2C[C@H](C)OC2=O)nc2ccccc21. The van der Waals surface area contributed by atoms with Gasteiger partial charge in [-0.05, 0) is 25.5 Å². The summed E-state index contributed by atoms with van der Waals surface area (Å²) in [4.78, 5) is 40.9. The molecule has 1 aromatic heterocycles. The number of benzene rings is 1. The van der Waals surface area contributed by atoms with E-state index in [0.29, 0.717) is 18.7 Å². The van der Waals surface area contributed by atoms with Crippen molar-refractivity contribution in [3.05, 3.63) is 40.3 Å². The molecule has 0 amide bonds. The number of carbonyl (C=O) groups is 2. The Bertz CT molecular complexity index is 905. The predicted octanol–water partition coefficient (Wildman–Crippen LogP) is 2.38. The Hall–Kier alpha value is -2.70. The Morgan fingerprint density at radius 2 is 2.11 bits per heavy atom. The molecule has 1 aliphatic rings. The summed E-state index contributed by atoms with van der Waals surface area (Å²) in [6, 6.07) is 7.48. The van der Waals surface area contributed by atoms with Gasteiger partial charge >= 0.3 is 11.9 Å². The number of nitrogens with zero attached hydrogens (tertiary/aromatic N) is 2. The van der Waals surface area contributed by atoms with E-state index in [-0.39, 0.29) is 24.5 Å². The van der Waals surface area contributed by atoms with E-state index < -0.39 is 18.0 Å². The van der Waals surface area contributed by atoms with Crippen LogP contribution in [-0.2, 0) is 32.0 Å². The van der Waals surface area contributed by atoms with Crippen LogP contribution in [0.1, 0.15) is 45.2 Å². The average molecular weight is 372 g/mol.